The number of hydrogen-bond donors (Lipinski definition) is 3. The fourth-order valence-corrected chi connectivity index (χ4v) is 3.23. The van der Waals surface area contributed by atoms with Crippen LogP contribution < -0.4 is 16.4 Å². The number of nitrogens with two attached hydrogens (primary N) is 1. The predicted molar refractivity (Wildman–Crippen MR) is 123 cm³/mol. The zero-order valence-electron chi connectivity index (χ0n) is 17.6. The van der Waals surface area contributed by atoms with Crippen LogP contribution in [0, 0.1) is 12.7 Å². The Labute approximate surface area is 184 Å². The minimum atomic E-state index is -0.578. The summed E-state index contributed by atoms with van der Waals surface area (Å²) < 4.78 is 17.1. The van der Waals surface area contributed by atoms with Crippen molar-refractivity contribution in [2.24, 2.45) is 0 Å². The molecule has 0 unspecified atom stereocenters. The Balaban J connectivity index is 1.66. The van der Waals surface area contributed by atoms with Crippen LogP contribution in [0.1, 0.15) is 12.5 Å². The van der Waals surface area contributed by atoms with Crippen LogP contribution in [-0.4, -0.2) is 25.8 Å². The smallest absolute Gasteiger partial charge is 0.323 e. The zero-order chi connectivity index (χ0) is 22.7. The number of aromatic nitrogens is 4. The van der Waals surface area contributed by atoms with Crippen molar-refractivity contribution in [3.05, 3.63) is 72.3 Å². The van der Waals surface area contributed by atoms with E-state index in [-0.39, 0.29) is 17.2 Å². The number of rotatable bonds is 5. The van der Waals surface area contributed by atoms with Crippen LogP contribution >= 0.6 is 0 Å². The Morgan fingerprint density at radius 1 is 1.09 bits per heavy atom. The molecule has 4 N–H and O–H groups in total. The highest BCUT2D eigenvalue weighted by atomic mass is 19.1. The Morgan fingerprint density at radius 2 is 1.88 bits per heavy atom. The topological polar surface area (TPSA) is 111 Å². The molecule has 2 heterocycles. The van der Waals surface area contributed by atoms with E-state index in [0.717, 1.165) is 5.56 Å². The van der Waals surface area contributed by atoms with Crippen molar-refractivity contribution in [2.75, 3.05) is 16.4 Å². The number of carbonyl (C=O) groups is 1. The quantitative estimate of drug-likeness (QED) is 0.424. The summed E-state index contributed by atoms with van der Waals surface area (Å²) in [5, 5.41) is 9.79. The molecule has 0 bridgehead atoms. The number of nitrogens with one attached hydrogen (secondary N) is 2. The van der Waals surface area contributed by atoms with Crippen molar-refractivity contribution < 1.29 is 9.18 Å². The Kier molecular flexibility index (Phi) is 5.80. The Bertz CT molecular complexity index is 1270. The van der Waals surface area contributed by atoms with E-state index >= 15 is 4.39 Å². The van der Waals surface area contributed by atoms with Crippen LogP contribution in [-0.2, 0) is 6.54 Å². The lowest BCUT2D eigenvalue weighted by Gasteiger charge is -2.11. The van der Waals surface area contributed by atoms with Crippen molar-refractivity contribution in [3.8, 4) is 22.5 Å². The second-order valence-electron chi connectivity index (χ2n) is 7.16. The summed E-state index contributed by atoms with van der Waals surface area (Å²) in [5.74, 6) is -0.478. The third-order valence-corrected chi connectivity index (χ3v) is 4.85. The molecular formula is C23H22FN7O. The van der Waals surface area contributed by atoms with E-state index in [1.54, 1.807) is 41.2 Å². The molecule has 2 aromatic carbocycles. The molecular weight excluding hydrogens is 409 g/mol. The fraction of sp³-hybridized carbons (Fsp3) is 0.130. The zero-order valence-corrected chi connectivity index (χ0v) is 17.6. The second-order valence-corrected chi connectivity index (χ2v) is 7.16. The summed E-state index contributed by atoms with van der Waals surface area (Å²) in [4.78, 5) is 20.5. The SMILES string of the molecule is CCn1cc(-c2cccc(NC(=O)Nc3ccc(C)cc3)c2F)c(-c2ccnc(N)n2)n1. The monoisotopic (exact) mass is 431 g/mol. The molecule has 162 valence electrons. The van der Waals surface area contributed by atoms with Crippen molar-refractivity contribution in [3.63, 3.8) is 0 Å². The fourth-order valence-electron chi connectivity index (χ4n) is 3.23. The molecule has 0 fully saturated rings. The average molecular weight is 431 g/mol. The van der Waals surface area contributed by atoms with Gasteiger partial charge in [0, 0.05) is 35.8 Å². The number of anilines is 3. The number of amides is 2. The number of urea groups is 1. The molecule has 32 heavy (non-hydrogen) atoms. The second kappa shape index (κ2) is 8.84. The van der Waals surface area contributed by atoms with Crippen molar-refractivity contribution in [1.29, 1.82) is 0 Å². The maximum Gasteiger partial charge on any atom is 0.323 e. The van der Waals surface area contributed by atoms with Crippen LogP contribution in [0.25, 0.3) is 22.5 Å². The van der Waals surface area contributed by atoms with Gasteiger partial charge >= 0.3 is 6.03 Å². The van der Waals surface area contributed by atoms with Gasteiger partial charge in [-0.3, -0.25) is 4.68 Å². The molecule has 0 aliphatic carbocycles. The molecule has 8 nitrogen and oxygen atoms in total. The molecule has 2 aromatic heterocycles. The molecule has 2 amide bonds. The average Bonchev–Trinajstić information content (AvgIpc) is 3.21. The van der Waals surface area contributed by atoms with E-state index in [9.17, 15) is 4.79 Å². The molecule has 4 aromatic rings. The van der Waals surface area contributed by atoms with Gasteiger partial charge in [0.25, 0.3) is 0 Å². The minimum Gasteiger partial charge on any atom is -0.368 e. The molecule has 0 saturated heterocycles. The van der Waals surface area contributed by atoms with E-state index in [1.165, 1.54) is 12.3 Å². The van der Waals surface area contributed by atoms with Gasteiger partial charge in [0.15, 0.2) is 5.82 Å². The summed E-state index contributed by atoms with van der Waals surface area (Å²) >= 11 is 0. The van der Waals surface area contributed by atoms with E-state index in [1.807, 2.05) is 26.0 Å². The molecule has 9 heteroatoms. The lowest BCUT2D eigenvalue weighted by atomic mass is 10.0. The van der Waals surface area contributed by atoms with Crippen LogP contribution in [0.5, 0.6) is 0 Å². The van der Waals surface area contributed by atoms with E-state index in [2.05, 4.69) is 25.7 Å². The summed E-state index contributed by atoms with van der Waals surface area (Å²) in [6.45, 7) is 4.47. The van der Waals surface area contributed by atoms with E-state index in [4.69, 9.17) is 5.73 Å². The van der Waals surface area contributed by atoms with E-state index in [0.29, 0.717) is 29.2 Å². The summed E-state index contributed by atoms with van der Waals surface area (Å²) in [7, 11) is 0. The maximum absolute atomic E-state index is 15.5. The lowest BCUT2D eigenvalue weighted by molar-refractivity contribution is 0.262. The number of nitrogens with zero attached hydrogens (tertiary/aromatic N) is 4. The molecule has 0 aliphatic heterocycles. The standard InChI is InChI=1S/C23H22FN7O/c1-3-31-13-17(21(30-31)19-11-12-26-22(25)28-19)16-5-4-6-18(20(16)24)29-23(32)27-15-9-7-14(2)8-10-15/h4-13H,3H2,1-2H3,(H2,25,26,28)(H2,27,29,32). The van der Waals surface area contributed by atoms with Gasteiger partial charge in [-0.25, -0.2) is 19.2 Å². The molecule has 0 spiro atoms. The maximum atomic E-state index is 15.5. The molecule has 0 atom stereocenters. The van der Waals surface area contributed by atoms with Crippen molar-refractivity contribution >= 4 is 23.4 Å². The molecule has 0 aliphatic rings. The first-order valence-corrected chi connectivity index (χ1v) is 10.0. The van der Waals surface area contributed by atoms with Gasteiger partial charge in [0.05, 0.1) is 11.4 Å². The van der Waals surface area contributed by atoms with Gasteiger partial charge in [-0.05, 0) is 38.1 Å². The van der Waals surface area contributed by atoms with Gasteiger partial charge in [0.2, 0.25) is 5.95 Å². The first-order chi connectivity index (χ1) is 15.4. The van der Waals surface area contributed by atoms with Gasteiger partial charge in [-0.15, -0.1) is 0 Å². The number of nitrogen functional groups attached to an aromatic ring is 1. The highest BCUT2D eigenvalue weighted by molar-refractivity contribution is 6.00. The van der Waals surface area contributed by atoms with Crippen molar-refractivity contribution in [1.82, 2.24) is 19.7 Å². The first-order valence-electron chi connectivity index (χ1n) is 10.0. The molecule has 0 radical (unpaired) electrons. The summed E-state index contributed by atoms with van der Waals surface area (Å²) in [5.41, 5.74) is 9.22. The number of carbonyl (C=O) groups excluding carboxylic acids is 1. The number of hydrogen-bond acceptors (Lipinski definition) is 5. The van der Waals surface area contributed by atoms with Crippen LogP contribution in [0.3, 0.4) is 0 Å². The van der Waals surface area contributed by atoms with Crippen LogP contribution in [0.2, 0.25) is 0 Å². The number of halogens is 1. The Morgan fingerprint density at radius 3 is 2.59 bits per heavy atom. The lowest BCUT2D eigenvalue weighted by Crippen LogP contribution is -2.20. The van der Waals surface area contributed by atoms with Gasteiger partial charge in [0.1, 0.15) is 5.69 Å². The third kappa shape index (κ3) is 4.41. The minimum absolute atomic E-state index is 0.0458. The highest BCUT2D eigenvalue weighted by Gasteiger charge is 2.20. The van der Waals surface area contributed by atoms with Crippen LogP contribution in [0.4, 0.5) is 26.5 Å². The van der Waals surface area contributed by atoms with Gasteiger partial charge in [-0.1, -0.05) is 29.8 Å². The first kappa shape index (κ1) is 21.0. The number of benzene rings is 2. The molecule has 4 rings (SSSR count). The largest absolute Gasteiger partial charge is 0.368 e. The predicted octanol–water partition coefficient (Wildman–Crippen LogP) is 4.70. The Hall–Kier alpha value is -4.27. The van der Waals surface area contributed by atoms with E-state index < -0.39 is 11.8 Å². The highest BCUT2D eigenvalue weighted by Crippen LogP contribution is 2.34. The third-order valence-electron chi connectivity index (χ3n) is 4.85. The summed E-state index contributed by atoms with van der Waals surface area (Å²) in [6, 6.07) is 13.2. The summed E-state index contributed by atoms with van der Waals surface area (Å²) in [6.07, 6.45) is 3.26. The normalized spacial score (nSPS) is 10.7. The molecule has 0 saturated carbocycles. The van der Waals surface area contributed by atoms with Crippen molar-refractivity contribution in [2.45, 2.75) is 20.4 Å². The van der Waals surface area contributed by atoms with Gasteiger partial charge in [-0.2, -0.15) is 5.10 Å². The number of aryl methyl sites for hydroxylation is 2. The van der Waals surface area contributed by atoms with Crippen LogP contribution in [0.15, 0.2) is 60.9 Å². The van der Waals surface area contributed by atoms with Gasteiger partial charge < -0.3 is 16.4 Å².